The minimum absolute atomic E-state index is 0.0438. The maximum absolute atomic E-state index is 12.7. The van der Waals surface area contributed by atoms with Crippen molar-refractivity contribution < 1.29 is 17.4 Å². The average Bonchev–Trinajstić information content (AvgIpc) is 3.25. The summed E-state index contributed by atoms with van der Waals surface area (Å²) in [6.45, 7) is 1.91. The number of nitrogens with one attached hydrogen (secondary N) is 1. The van der Waals surface area contributed by atoms with Gasteiger partial charge in [-0.05, 0) is 30.3 Å². The summed E-state index contributed by atoms with van der Waals surface area (Å²) >= 11 is 5.89. The molecule has 0 fully saturated rings. The smallest absolute Gasteiger partial charge is 0.408 e. The first-order valence-corrected chi connectivity index (χ1v) is 10.4. The van der Waals surface area contributed by atoms with Crippen molar-refractivity contribution >= 4 is 38.4 Å². The van der Waals surface area contributed by atoms with Gasteiger partial charge in [-0.15, -0.1) is 0 Å². The molecule has 0 atom stereocenters. The van der Waals surface area contributed by atoms with Crippen LogP contribution in [0.4, 0.5) is 5.69 Å². The number of aromatic nitrogens is 3. The summed E-state index contributed by atoms with van der Waals surface area (Å²) in [5, 5.41) is 4.22. The molecule has 4 rings (SSSR count). The molecule has 2 aromatic carbocycles. The third-order valence-electron chi connectivity index (χ3n) is 4.14. The van der Waals surface area contributed by atoms with Crippen LogP contribution in [0.3, 0.4) is 0 Å². The molecule has 150 valence electrons. The molecule has 0 amide bonds. The highest BCUT2D eigenvalue weighted by Gasteiger charge is 2.19. The second-order valence-electron chi connectivity index (χ2n) is 6.16. The Morgan fingerprint density at radius 3 is 2.76 bits per heavy atom. The fraction of sp³-hybridized carbons (Fsp3) is 0.167. The van der Waals surface area contributed by atoms with Crippen molar-refractivity contribution in [2.75, 3.05) is 4.72 Å². The zero-order chi connectivity index (χ0) is 20.6. The molecule has 2 aromatic heterocycles. The normalized spacial score (nSPS) is 11.8. The third kappa shape index (κ3) is 3.89. The first-order chi connectivity index (χ1) is 13.9. The monoisotopic (exact) mass is 434 g/mol. The molecule has 0 spiro atoms. The summed E-state index contributed by atoms with van der Waals surface area (Å²) in [7, 11) is -3.90. The second-order valence-corrected chi connectivity index (χ2v) is 8.28. The van der Waals surface area contributed by atoms with Crippen LogP contribution >= 0.6 is 11.6 Å². The van der Waals surface area contributed by atoms with Crippen molar-refractivity contribution in [1.29, 1.82) is 0 Å². The molecular weight excluding hydrogens is 420 g/mol. The van der Waals surface area contributed by atoms with Gasteiger partial charge in [-0.2, -0.15) is 4.98 Å². The molecule has 0 radical (unpaired) electrons. The van der Waals surface area contributed by atoms with E-state index in [0.29, 0.717) is 34.4 Å². The van der Waals surface area contributed by atoms with Gasteiger partial charge in [0.1, 0.15) is 0 Å². The van der Waals surface area contributed by atoms with Crippen LogP contribution < -0.4 is 10.5 Å². The number of aryl methyl sites for hydroxylation is 1. The van der Waals surface area contributed by atoms with Crippen LogP contribution in [0.25, 0.3) is 11.1 Å². The molecule has 1 N–H and O–H groups in total. The van der Waals surface area contributed by atoms with E-state index in [0.717, 1.165) is 0 Å². The fourth-order valence-corrected chi connectivity index (χ4v) is 4.02. The third-order valence-corrected chi connectivity index (χ3v) is 5.75. The lowest BCUT2D eigenvalue weighted by molar-refractivity contribution is 0.375. The van der Waals surface area contributed by atoms with E-state index >= 15 is 0 Å². The lowest BCUT2D eigenvalue weighted by atomic mass is 10.3. The van der Waals surface area contributed by atoms with Crippen LogP contribution in [0, 0.1) is 0 Å². The molecule has 0 aliphatic heterocycles. The summed E-state index contributed by atoms with van der Waals surface area (Å²) in [5.74, 6) is 0.132. The van der Waals surface area contributed by atoms with Gasteiger partial charge < -0.3 is 8.94 Å². The van der Waals surface area contributed by atoms with Gasteiger partial charge in [0.2, 0.25) is 5.89 Å². The van der Waals surface area contributed by atoms with Gasteiger partial charge >= 0.3 is 5.76 Å². The van der Waals surface area contributed by atoms with Gasteiger partial charge in [0, 0.05) is 17.5 Å². The minimum atomic E-state index is -3.90. The predicted molar refractivity (Wildman–Crippen MR) is 106 cm³/mol. The Bertz CT molecular complexity index is 1360. The maximum Gasteiger partial charge on any atom is 0.420 e. The summed E-state index contributed by atoms with van der Waals surface area (Å²) in [6, 6.07) is 10.5. The molecule has 29 heavy (non-hydrogen) atoms. The summed E-state index contributed by atoms with van der Waals surface area (Å²) in [4.78, 5) is 16.3. The zero-order valence-corrected chi connectivity index (χ0v) is 16.7. The average molecular weight is 435 g/mol. The van der Waals surface area contributed by atoms with Gasteiger partial charge in [0.25, 0.3) is 10.0 Å². The molecule has 2 heterocycles. The van der Waals surface area contributed by atoms with E-state index in [-0.39, 0.29) is 17.0 Å². The summed E-state index contributed by atoms with van der Waals surface area (Å²) in [6.07, 6.45) is 0.578. The summed E-state index contributed by atoms with van der Waals surface area (Å²) < 4.78 is 39.3. The highest BCUT2D eigenvalue weighted by atomic mass is 35.5. The van der Waals surface area contributed by atoms with E-state index in [9.17, 15) is 13.2 Å². The van der Waals surface area contributed by atoms with Crippen LogP contribution in [0.1, 0.15) is 18.6 Å². The molecule has 0 bridgehead atoms. The predicted octanol–water partition coefficient (Wildman–Crippen LogP) is 3.04. The van der Waals surface area contributed by atoms with Gasteiger partial charge in [-0.1, -0.05) is 29.7 Å². The van der Waals surface area contributed by atoms with Gasteiger partial charge in [-0.25, -0.2) is 13.2 Å². The Labute approximate surface area is 170 Å². The number of hydrogen-bond donors (Lipinski definition) is 1. The van der Waals surface area contributed by atoms with Gasteiger partial charge in [0.05, 0.1) is 22.6 Å². The minimum Gasteiger partial charge on any atom is -0.408 e. The maximum atomic E-state index is 12.7. The van der Waals surface area contributed by atoms with E-state index in [1.807, 2.05) is 6.92 Å². The first kappa shape index (κ1) is 19.2. The van der Waals surface area contributed by atoms with Crippen molar-refractivity contribution in [3.05, 3.63) is 69.8 Å². The zero-order valence-electron chi connectivity index (χ0n) is 15.1. The Balaban J connectivity index is 1.67. The Morgan fingerprint density at radius 2 is 2.03 bits per heavy atom. The Kier molecular flexibility index (Phi) is 4.89. The van der Waals surface area contributed by atoms with Gasteiger partial charge in [0.15, 0.2) is 11.4 Å². The van der Waals surface area contributed by atoms with E-state index in [2.05, 4.69) is 14.9 Å². The molecule has 0 aliphatic carbocycles. The molecule has 0 saturated heterocycles. The number of anilines is 1. The molecule has 9 nitrogen and oxygen atoms in total. The van der Waals surface area contributed by atoms with Crippen LogP contribution in [0.2, 0.25) is 5.02 Å². The van der Waals surface area contributed by atoms with Gasteiger partial charge in [-0.3, -0.25) is 9.29 Å². The number of sulfonamides is 1. The van der Waals surface area contributed by atoms with E-state index in [1.165, 1.54) is 28.8 Å². The number of halogens is 1. The van der Waals surface area contributed by atoms with E-state index in [1.54, 1.807) is 18.2 Å². The topological polar surface area (TPSA) is 120 Å². The van der Waals surface area contributed by atoms with Crippen LogP contribution in [0.5, 0.6) is 0 Å². The highest BCUT2D eigenvalue weighted by Crippen LogP contribution is 2.23. The van der Waals surface area contributed by atoms with E-state index in [4.69, 9.17) is 20.5 Å². The SMILES string of the molecule is CCc1nc(Cn2c(=O)oc3cc(S(=O)(=O)Nc4cccc(Cl)c4)ccc32)no1. The highest BCUT2D eigenvalue weighted by molar-refractivity contribution is 7.92. The first-order valence-electron chi connectivity index (χ1n) is 8.59. The standard InChI is InChI=1S/C18H15ClN4O5S/c1-2-17-20-16(21-28-17)10-23-14-7-6-13(9-15(14)27-18(23)24)29(25,26)22-12-5-3-4-11(19)8-12/h3-9,22H,2,10H2,1H3. The van der Waals surface area contributed by atoms with Crippen molar-refractivity contribution in [2.24, 2.45) is 0 Å². The second kappa shape index (κ2) is 7.37. The number of benzene rings is 2. The lowest BCUT2D eigenvalue weighted by Crippen LogP contribution is -2.15. The van der Waals surface area contributed by atoms with Crippen molar-refractivity contribution in [1.82, 2.24) is 14.7 Å². The Morgan fingerprint density at radius 1 is 1.21 bits per heavy atom. The van der Waals surface area contributed by atoms with Crippen LogP contribution in [-0.2, 0) is 23.0 Å². The number of fused-ring (bicyclic) bond motifs is 1. The largest absolute Gasteiger partial charge is 0.420 e. The van der Waals surface area contributed by atoms with E-state index < -0.39 is 15.8 Å². The lowest BCUT2D eigenvalue weighted by Gasteiger charge is -2.08. The molecule has 0 unspecified atom stereocenters. The molecule has 0 aliphatic rings. The van der Waals surface area contributed by atoms with Crippen molar-refractivity contribution in [2.45, 2.75) is 24.8 Å². The molecule has 4 aromatic rings. The number of nitrogens with zero attached hydrogens (tertiary/aromatic N) is 3. The van der Waals surface area contributed by atoms with Crippen LogP contribution in [0.15, 0.2) is 61.1 Å². The number of oxazole rings is 1. The summed E-state index contributed by atoms with van der Waals surface area (Å²) in [5.41, 5.74) is 0.864. The number of hydrogen-bond acceptors (Lipinski definition) is 7. The van der Waals surface area contributed by atoms with Crippen LogP contribution in [-0.4, -0.2) is 23.1 Å². The number of rotatable bonds is 6. The van der Waals surface area contributed by atoms with Crippen molar-refractivity contribution in [3.8, 4) is 0 Å². The molecular formula is C18H15ClN4O5S. The fourth-order valence-electron chi connectivity index (χ4n) is 2.77. The quantitative estimate of drug-likeness (QED) is 0.495. The Hall–Kier alpha value is -3.11. The molecule has 0 saturated carbocycles. The molecule has 11 heteroatoms. The van der Waals surface area contributed by atoms with Crippen molar-refractivity contribution in [3.63, 3.8) is 0 Å².